The van der Waals surface area contributed by atoms with E-state index in [9.17, 15) is 13.6 Å². The fourth-order valence-corrected chi connectivity index (χ4v) is 1.33. The molecule has 0 fully saturated rings. The molecule has 0 saturated heterocycles. The Labute approximate surface area is 126 Å². The lowest BCUT2D eigenvalue weighted by Gasteiger charge is -2.16. The molecule has 0 aliphatic carbocycles. The average molecular weight is 354 g/mol. The molecule has 0 aliphatic rings. The minimum absolute atomic E-state index is 0.349. The molecule has 4 N–H and O–H groups in total. The molecule has 1 aromatic carbocycles. The first-order valence-corrected chi connectivity index (χ1v) is 5.99. The van der Waals surface area contributed by atoms with E-state index in [4.69, 9.17) is 57.9 Å². The molecule has 0 spiro atoms. The molecule has 19 heavy (non-hydrogen) atoms. The predicted molar refractivity (Wildman–Crippen MR) is 70.9 cm³/mol. The summed E-state index contributed by atoms with van der Waals surface area (Å²) in [7, 11) is 0. The summed E-state index contributed by atoms with van der Waals surface area (Å²) >= 11 is 20.6. The average Bonchev–Trinajstić information content (AvgIpc) is 2.19. The number of ether oxygens (including phenoxy) is 1. The molecular weight excluding hydrogens is 348 g/mol. The Hall–Kier alpha value is -0.690. The van der Waals surface area contributed by atoms with Crippen molar-refractivity contribution in [2.75, 3.05) is 11.5 Å². The van der Waals surface area contributed by atoms with Crippen LogP contribution in [-0.2, 0) is 10.2 Å². The highest BCUT2D eigenvalue weighted by Crippen LogP contribution is 2.40. The molecule has 0 heterocycles. The van der Waals surface area contributed by atoms with Gasteiger partial charge in [0.1, 0.15) is 0 Å². The van der Waals surface area contributed by atoms with Crippen molar-refractivity contribution in [1.82, 2.24) is 0 Å². The van der Waals surface area contributed by atoms with Gasteiger partial charge >= 0.3 is 11.4 Å². The number of esters is 1. The quantitative estimate of drug-likeness (QED) is 0.369. The van der Waals surface area contributed by atoms with Crippen LogP contribution in [0, 0.1) is 0 Å². The van der Waals surface area contributed by atoms with Crippen LogP contribution in [0.1, 0.15) is 5.56 Å². The standard InChI is InChI=1S/C9H6Cl4F2N2O2/c10-8(11,12)7(18)19-6-4(16)1-3(2-5(6)17)9(13,14)15/h1-2H,16-17H2. The lowest BCUT2D eigenvalue weighted by Crippen LogP contribution is -2.25. The maximum atomic E-state index is 12.9. The van der Waals surface area contributed by atoms with E-state index in [1.807, 2.05) is 0 Å². The van der Waals surface area contributed by atoms with E-state index in [1.54, 1.807) is 0 Å². The van der Waals surface area contributed by atoms with Crippen LogP contribution in [0.3, 0.4) is 0 Å². The van der Waals surface area contributed by atoms with E-state index in [0.29, 0.717) is 0 Å². The first kappa shape index (κ1) is 16.4. The van der Waals surface area contributed by atoms with Crippen LogP contribution in [-0.4, -0.2) is 9.76 Å². The molecule has 0 unspecified atom stereocenters. The smallest absolute Gasteiger partial charge is 0.364 e. The molecule has 10 heteroatoms. The molecule has 0 bridgehead atoms. The van der Waals surface area contributed by atoms with Crippen LogP contribution in [0.2, 0.25) is 0 Å². The molecule has 106 valence electrons. The lowest BCUT2D eigenvalue weighted by molar-refractivity contribution is -0.133. The van der Waals surface area contributed by atoms with Crippen molar-refractivity contribution in [3.05, 3.63) is 17.7 Å². The molecule has 1 rings (SSSR count). The number of anilines is 2. The Morgan fingerprint density at radius 1 is 1.11 bits per heavy atom. The first-order valence-electron chi connectivity index (χ1n) is 4.48. The zero-order chi connectivity index (χ0) is 15.0. The van der Waals surface area contributed by atoms with Crippen molar-refractivity contribution in [3.8, 4) is 5.75 Å². The van der Waals surface area contributed by atoms with Crippen LogP contribution in [0.15, 0.2) is 12.1 Å². The van der Waals surface area contributed by atoms with E-state index in [0.717, 1.165) is 12.1 Å². The summed E-state index contributed by atoms with van der Waals surface area (Å²) in [6.07, 6.45) is 0. The number of halogens is 6. The summed E-state index contributed by atoms with van der Waals surface area (Å²) in [6.45, 7) is 0. The number of alkyl halides is 6. The van der Waals surface area contributed by atoms with E-state index in [2.05, 4.69) is 4.74 Å². The Morgan fingerprint density at radius 3 is 1.84 bits per heavy atom. The Balaban J connectivity index is 3.16. The molecule has 0 amide bonds. The SMILES string of the molecule is Nc1cc(C(F)(F)Cl)cc(N)c1OC(=O)C(Cl)(Cl)Cl. The molecule has 0 radical (unpaired) electrons. The normalized spacial score (nSPS) is 12.3. The van der Waals surface area contributed by atoms with Gasteiger partial charge in [-0.1, -0.05) is 34.8 Å². The van der Waals surface area contributed by atoms with Crippen molar-refractivity contribution in [2.24, 2.45) is 0 Å². The third-order valence-electron chi connectivity index (χ3n) is 1.90. The maximum absolute atomic E-state index is 12.9. The molecule has 1 aromatic rings. The molecule has 4 nitrogen and oxygen atoms in total. The maximum Gasteiger partial charge on any atom is 0.364 e. The number of rotatable bonds is 2. The number of benzene rings is 1. The van der Waals surface area contributed by atoms with Gasteiger partial charge in [-0.05, 0) is 23.7 Å². The highest BCUT2D eigenvalue weighted by Gasteiger charge is 2.35. The van der Waals surface area contributed by atoms with Crippen molar-refractivity contribution < 1.29 is 18.3 Å². The van der Waals surface area contributed by atoms with Crippen LogP contribution in [0.25, 0.3) is 0 Å². The second kappa shape index (κ2) is 5.36. The predicted octanol–water partition coefficient (Wildman–Crippen LogP) is 3.41. The van der Waals surface area contributed by atoms with Crippen LogP contribution < -0.4 is 16.2 Å². The summed E-state index contributed by atoms with van der Waals surface area (Å²) in [5.74, 6) is -1.66. The van der Waals surface area contributed by atoms with Gasteiger partial charge in [0, 0.05) is 5.56 Å². The van der Waals surface area contributed by atoms with Crippen LogP contribution >= 0.6 is 46.4 Å². The fourth-order valence-electron chi connectivity index (χ4n) is 1.11. The minimum Gasteiger partial charge on any atom is -0.419 e. The zero-order valence-corrected chi connectivity index (χ0v) is 11.9. The van der Waals surface area contributed by atoms with Gasteiger partial charge < -0.3 is 16.2 Å². The topological polar surface area (TPSA) is 78.3 Å². The number of nitrogen functional groups attached to an aromatic ring is 2. The molecular formula is C9H6Cl4F2N2O2. The second-order valence-electron chi connectivity index (χ2n) is 3.37. The van der Waals surface area contributed by atoms with Crippen molar-refractivity contribution in [3.63, 3.8) is 0 Å². The van der Waals surface area contributed by atoms with Crippen LogP contribution in [0.5, 0.6) is 5.75 Å². The number of carbonyl (C=O) groups excluding carboxylic acids is 1. The summed E-state index contributed by atoms with van der Waals surface area (Å²) in [4.78, 5) is 11.3. The molecule has 0 aliphatic heterocycles. The van der Waals surface area contributed by atoms with Crippen molar-refractivity contribution in [2.45, 2.75) is 9.17 Å². The van der Waals surface area contributed by atoms with Gasteiger partial charge in [0.15, 0.2) is 5.75 Å². The van der Waals surface area contributed by atoms with E-state index >= 15 is 0 Å². The summed E-state index contributed by atoms with van der Waals surface area (Å²) in [6, 6.07) is 1.59. The second-order valence-corrected chi connectivity index (χ2v) is 6.12. The van der Waals surface area contributed by atoms with Gasteiger partial charge in [0.05, 0.1) is 11.4 Å². The number of hydrogen-bond acceptors (Lipinski definition) is 4. The number of hydrogen-bond donors (Lipinski definition) is 2. The number of nitrogens with two attached hydrogens (primary N) is 2. The zero-order valence-electron chi connectivity index (χ0n) is 8.89. The van der Waals surface area contributed by atoms with Crippen molar-refractivity contribution in [1.29, 1.82) is 0 Å². The van der Waals surface area contributed by atoms with Crippen LogP contribution in [0.4, 0.5) is 20.2 Å². The van der Waals surface area contributed by atoms with Gasteiger partial charge in [-0.2, -0.15) is 8.78 Å². The van der Waals surface area contributed by atoms with E-state index in [1.165, 1.54) is 0 Å². The Bertz CT molecular complexity index is 491. The highest BCUT2D eigenvalue weighted by molar-refractivity contribution is 6.75. The third-order valence-corrected chi connectivity index (χ3v) is 2.58. The highest BCUT2D eigenvalue weighted by atomic mass is 35.6. The van der Waals surface area contributed by atoms with Gasteiger partial charge in [0.2, 0.25) is 0 Å². The largest absolute Gasteiger partial charge is 0.419 e. The lowest BCUT2D eigenvalue weighted by atomic mass is 10.1. The molecule has 0 aromatic heterocycles. The summed E-state index contributed by atoms with van der Waals surface area (Å²) < 4.78 is 28.0. The first-order chi connectivity index (χ1) is 8.43. The van der Waals surface area contributed by atoms with Gasteiger partial charge in [-0.3, -0.25) is 0 Å². The Kier molecular flexibility index (Phi) is 4.62. The van der Waals surface area contributed by atoms with Crippen molar-refractivity contribution >= 4 is 63.7 Å². The summed E-state index contributed by atoms with van der Waals surface area (Å²) in [5, 5.41) is -3.67. The van der Waals surface area contributed by atoms with E-state index < -0.39 is 20.7 Å². The minimum atomic E-state index is -3.67. The third kappa shape index (κ3) is 4.14. The molecule has 0 atom stereocenters. The van der Waals surface area contributed by atoms with E-state index in [-0.39, 0.29) is 17.1 Å². The number of carbonyl (C=O) groups is 1. The summed E-state index contributed by atoms with van der Waals surface area (Å²) in [5.41, 5.74) is 9.51. The van der Waals surface area contributed by atoms with Gasteiger partial charge in [0.25, 0.3) is 3.79 Å². The fraction of sp³-hybridized carbons (Fsp3) is 0.222. The monoisotopic (exact) mass is 352 g/mol. The van der Waals surface area contributed by atoms with Gasteiger partial charge in [-0.25, -0.2) is 4.79 Å². The Morgan fingerprint density at radius 2 is 1.53 bits per heavy atom. The molecule has 0 saturated carbocycles. The van der Waals surface area contributed by atoms with Gasteiger partial charge in [-0.15, -0.1) is 0 Å².